The van der Waals surface area contributed by atoms with E-state index in [1.807, 2.05) is 18.2 Å². The third kappa shape index (κ3) is 4.51. The molecule has 1 atom stereocenters. The highest BCUT2D eigenvalue weighted by Crippen LogP contribution is 2.32. The van der Waals surface area contributed by atoms with Crippen molar-refractivity contribution < 1.29 is 14.3 Å². The summed E-state index contributed by atoms with van der Waals surface area (Å²) in [5.41, 5.74) is 6.93. The summed E-state index contributed by atoms with van der Waals surface area (Å²) in [5, 5.41) is 0. The smallest absolute Gasteiger partial charge is 0.239 e. The van der Waals surface area contributed by atoms with Crippen LogP contribution in [-0.4, -0.2) is 30.7 Å². The van der Waals surface area contributed by atoms with E-state index in [9.17, 15) is 4.79 Å². The number of nitrogens with two attached hydrogens (primary N) is 1. The molecule has 0 aliphatic carbocycles. The Bertz CT molecular complexity index is 494. The first-order valence-corrected chi connectivity index (χ1v) is 6.86. The van der Waals surface area contributed by atoms with Gasteiger partial charge in [0.15, 0.2) is 11.5 Å². The standard InChI is InChI=1S/C15H22N2O3.ClH/c1-10(2)6-12(16)15(18)17(3)8-11-4-5-13-14(7-11)20-9-19-13;/h4-5,7,10,12H,6,8-9,16H2,1-3H3;1H/t12-;/m0./s1. The van der Waals surface area contributed by atoms with Gasteiger partial charge in [-0.05, 0) is 30.0 Å². The fourth-order valence-corrected chi connectivity index (χ4v) is 2.28. The van der Waals surface area contributed by atoms with Crippen LogP contribution in [0, 0.1) is 5.92 Å². The summed E-state index contributed by atoms with van der Waals surface area (Å²) < 4.78 is 10.6. The number of ether oxygens (including phenoxy) is 2. The molecule has 0 aromatic heterocycles. The number of amides is 1. The Morgan fingerprint density at radius 1 is 1.33 bits per heavy atom. The second-order valence-electron chi connectivity index (χ2n) is 5.62. The summed E-state index contributed by atoms with van der Waals surface area (Å²) in [6.45, 7) is 4.89. The second-order valence-corrected chi connectivity index (χ2v) is 5.62. The predicted octanol–water partition coefficient (Wildman–Crippen LogP) is 2.17. The van der Waals surface area contributed by atoms with Crippen LogP contribution in [0.3, 0.4) is 0 Å². The average Bonchev–Trinajstić information content (AvgIpc) is 2.84. The lowest BCUT2D eigenvalue weighted by Gasteiger charge is -2.22. The summed E-state index contributed by atoms with van der Waals surface area (Å²) in [5.74, 6) is 1.86. The van der Waals surface area contributed by atoms with E-state index >= 15 is 0 Å². The van der Waals surface area contributed by atoms with Gasteiger partial charge in [0.1, 0.15) is 0 Å². The maximum absolute atomic E-state index is 12.2. The topological polar surface area (TPSA) is 64.8 Å². The van der Waals surface area contributed by atoms with E-state index in [0.717, 1.165) is 17.1 Å². The second kappa shape index (κ2) is 7.52. The Morgan fingerprint density at radius 2 is 2.00 bits per heavy atom. The summed E-state index contributed by atoms with van der Waals surface area (Å²) in [6, 6.07) is 5.27. The average molecular weight is 315 g/mol. The molecule has 0 fully saturated rings. The fourth-order valence-electron chi connectivity index (χ4n) is 2.28. The fraction of sp³-hybridized carbons (Fsp3) is 0.533. The maximum atomic E-state index is 12.2. The van der Waals surface area contributed by atoms with Gasteiger partial charge in [0.05, 0.1) is 6.04 Å². The number of rotatable bonds is 5. The molecule has 1 amide bonds. The van der Waals surface area contributed by atoms with Crippen LogP contribution < -0.4 is 15.2 Å². The highest BCUT2D eigenvalue weighted by Gasteiger charge is 2.20. The van der Waals surface area contributed by atoms with Crippen molar-refractivity contribution in [3.63, 3.8) is 0 Å². The number of carbonyl (C=O) groups excluding carboxylic acids is 1. The van der Waals surface area contributed by atoms with E-state index in [1.54, 1.807) is 11.9 Å². The molecule has 0 unspecified atom stereocenters. The SMILES string of the molecule is CC(C)C[C@H](N)C(=O)N(C)Cc1ccc2c(c1)OCO2.Cl. The number of fused-ring (bicyclic) bond motifs is 1. The highest BCUT2D eigenvalue weighted by atomic mass is 35.5. The Hall–Kier alpha value is -1.46. The molecule has 0 spiro atoms. The van der Waals surface area contributed by atoms with Gasteiger partial charge in [-0.25, -0.2) is 0 Å². The Kier molecular flexibility index (Phi) is 6.30. The molecule has 1 aromatic rings. The molecule has 2 rings (SSSR count). The minimum atomic E-state index is -0.436. The number of halogens is 1. The normalized spacial score (nSPS) is 13.8. The van der Waals surface area contributed by atoms with E-state index in [1.165, 1.54) is 0 Å². The molecule has 1 aliphatic heterocycles. The zero-order valence-corrected chi connectivity index (χ0v) is 13.5. The third-order valence-electron chi connectivity index (χ3n) is 3.28. The van der Waals surface area contributed by atoms with Crippen LogP contribution in [0.2, 0.25) is 0 Å². The minimum Gasteiger partial charge on any atom is -0.454 e. The third-order valence-corrected chi connectivity index (χ3v) is 3.28. The molecule has 0 radical (unpaired) electrons. The van der Waals surface area contributed by atoms with Crippen molar-refractivity contribution in [2.75, 3.05) is 13.8 Å². The Balaban J connectivity index is 0.00000220. The van der Waals surface area contributed by atoms with Gasteiger partial charge in [0.2, 0.25) is 12.7 Å². The molecular formula is C15H23ClN2O3. The number of benzene rings is 1. The number of hydrogen-bond donors (Lipinski definition) is 1. The molecule has 5 nitrogen and oxygen atoms in total. The van der Waals surface area contributed by atoms with Gasteiger partial charge in [0.25, 0.3) is 0 Å². The van der Waals surface area contributed by atoms with Gasteiger partial charge >= 0.3 is 0 Å². The first-order chi connectivity index (χ1) is 9.47. The molecular weight excluding hydrogens is 292 g/mol. The van der Waals surface area contributed by atoms with Crippen LogP contribution in [0.4, 0.5) is 0 Å². The monoisotopic (exact) mass is 314 g/mol. The number of likely N-dealkylation sites (N-methyl/N-ethyl adjacent to an activating group) is 1. The van der Waals surface area contributed by atoms with Crippen LogP contribution >= 0.6 is 12.4 Å². The van der Waals surface area contributed by atoms with Gasteiger partial charge in [0, 0.05) is 13.6 Å². The van der Waals surface area contributed by atoms with Crippen molar-refractivity contribution in [3.05, 3.63) is 23.8 Å². The van der Waals surface area contributed by atoms with Crippen molar-refractivity contribution >= 4 is 18.3 Å². The van der Waals surface area contributed by atoms with E-state index < -0.39 is 6.04 Å². The number of nitrogens with zero attached hydrogens (tertiary/aromatic N) is 1. The molecule has 1 heterocycles. The highest BCUT2D eigenvalue weighted by molar-refractivity contribution is 5.85. The van der Waals surface area contributed by atoms with Crippen molar-refractivity contribution in [3.8, 4) is 11.5 Å². The lowest BCUT2D eigenvalue weighted by atomic mass is 10.0. The van der Waals surface area contributed by atoms with Crippen LogP contribution in [0.5, 0.6) is 11.5 Å². The molecule has 2 N–H and O–H groups in total. The van der Waals surface area contributed by atoms with E-state index in [0.29, 0.717) is 18.9 Å². The van der Waals surface area contributed by atoms with E-state index in [2.05, 4.69) is 13.8 Å². The van der Waals surface area contributed by atoms with Crippen LogP contribution in [0.1, 0.15) is 25.8 Å². The largest absolute Gasteiger partial charge is 0.454 e. The van der Waals surface area contributed by atoms with Crippen molar-refractivity contribution in [1.82, 2.24) is 4.90 Å². The summed E-state index contributed by atoms with van der Waals surface area (Å²) >= 11 is 0. The maximum Gasteiger partial charge on any atom is 0.239 e. The molecule has 0 saturated carbocycles. The van der Waals surface area contributed by atoms with Crippen LogP contribution in [0.15, 0.2) is 18.2 Å². The van der Waals surface area contributed by atoms with Gasteiger partial charge < -0.3 is 20.1 Å². The Labute approximate surface area is 131 Å². The van der Waals surface area contributed by atoms with E-state index in [4.69, 9.17) is 15.2 Å². The van der Waals surface area contributed by atoms with E-state index in [-0.39, 0.29) is 25.1 Å². The van der Waals surface area contributed by atoms with Crippen molar-refractivity contribution in [2.45, 2.75) is 32.9 Å². The number of carbonyl (C=O) groups is 1. The van der Waals surface area contributed by atoms with Crippen LogP contribution in [-0.2, 0) is 11.3 Å². The molecule has 0 bridgehead atoms. The predicted molar refractivity (Wildman–Crippen MR) is 83.7 cm³/mol. The van der Waals surface area contributed by atoms with Crippen molar-refractivity contribution in [2.24, 2.45) is 11.7 Å². The summed E-state index contributed by atoms with van der Waals surface area (Å²) in [7, 11) is 1.77. The van der Waals surface area contributed by atoms with Gasteiger partial charge in [-0.1, -0.05) is 19.9 Å². The molecule has 0 saturated heterocycles. The molecule has 1 aliphatic rings. The van der Waals surface area contributed by atoms with Gasteiger partial charge in [-0.3, -0.25) is 4.79 Å². The van der Waals surface area contributed by atoms with Crippen LogP contribution in [0.25, 0.3) is 0 Å². The zero-order chi connectivity index (χ0) is 14.7. The molecule has 21 heavy (non-hydrogen) atoms. The Morgan fingerprint density at radius 3 is 2.67 bits per heavy atom. The first-order valence-electron chi connectivity index (χ1n) is 6.86. The van der Waals surface area contributed by atoms with Crippen molar-refractivity contribution in [1.29, 1.82) is 0 Å². The summed E-state index contributed by atoms with van der Waals surface area (Å²) in [6.07, 6.45) is 0.699. The molecule has 1 aromatic carbocycles. The molecule has 118 valence electrons. The van der Waals surface area contributed by atoms with Gasteiger partial charge in [-0.2, -0.15) is 0 Å². The number of hydrogen-bond acceptors (Lipinski definition) is 4. The zero-order valence-electron chi connectivity index (χ0n) is 12.7. The van der Waals surface area contributed by atoms with Gasteiger partial charge in [-0.15, -0.1) is 12.4 Å². The summed E-state index contributed by atoms with van der Waals surface area (Å²) in [4.78, 5) is 13.8. The quantitative estimate of drug-likeness (QED) is 0.904. The lowest BCUT2D eigenvalue weighted by molar-refractivity contribution is -0.132. The molecule has 6 heteroatoms. The first kappa shape index (κ1) is 17.6. The minimum absolute atomic E-state index is 0. The lowest BCUT2D eigenvalue weighted by Crippen LogP contribution is -2.42.